The molecule has 8 heteroatoms. The Hall–Kier alpha value is -2.09. The lowest BCUT2D eigenvalue weighted by Crippen LogP contribution is -2.14. The van der Waals surface area contributed by atoms with Crippen LogP contribution < -0.4 is 11.1 Å². The first kappa shape index (κ1) is 9.46. The van der Waals surface area contributed by atoms with Crippen LogP contribution in [0, 0.1) is 0 Å². The molecule has 0 aliphatic rings. The molecule has 2 aromatic rings. The van der Waals surface area contributed by atoms with E-state index in [0.717, 1.165) is 11.5 Å². The SMILES string of the molecule is Nc1cnccc1C(=O)Nc1nnns1. The van der Waals surface area contributed by atoms with Gasteiger partial charge >= 0.3 is 0 Å². The maximum absolute atomic E-state index is 11.6. The molecule has 0 spiro atoms. The number of amides is 1. The van der Waals surface area contributed by atoms with Crippen molar-refractivity contribution in [2.75, 3.05) is 11.1 Å². The van der Waals surface area contributed by atoms with Gasteiger partial charge in [0, 0.05) is 17.7 Å². The molecule has 0 saturated carbocycles. The van der Waals surface area contributed by atoms with E-state index in [1.54, 1.807) is 0 Å². The second kappa shape index (κ2) is 3.96. The minimum atomic E-state index is -0.353. The number of nitrogens with two attached hydrogens (primary N) is 1. The van der Waals surface area contributed by atoms with Crippen molar-refractivity contribution in [3.8, 4) is 0 Å². The Morgan fingerprint density at radius 1 is 1.53 bits per heavy atom. The number of aromatic nitrogens is 4. The predicted molar refractivity (Wildman–Crippen MR) is 54.3 cm³/mol. The number of hydrogen-bond donors (Lipinski definition) is 2. The fourth-order valence-corrected chi connectivity index (χ4v) is 1.32. The smallest absolute Gasteiger partial charge is 0.259 e. The van der Waals surface area contributed by atoms with Crippen molar-refractivity contribution < 1.29 is 4.79 Å². The van der Waals surface area contributed by atoms with Crippen molar-refractivity contribution in [1.82, 2.24) is 19.8 Å². The third-order valence-electron chi connectivity index (χ3n) is 1.62. The molecule has 0 unspecified atom stereocenters. The summed E-state index contributed by atoms with van der Waals surface area (Å²) < 4.78 is 3.51. The molecule has 0 radical (unpaired) electrons. The number of rotatable bonds is 2. The zero-order valence-corrected chi connectivity index (χ0v) is 8.23. The number of carbonyl (C=O) groups is 1. The van der Waals surface area contributed by atoms with Crippen LogP contribution >= 0.6 is 11.5 Å². The van der Waals surface area contributed by atoms with Crippen LogP contribution in [0.2, 0.25) is 0 Å². The van der Waals surface area contributed by atoms with Gasteiger partial charge in [-0.2, -0.15) is 0 Å². The Kier molecular flexibility index (Phi) is 2.50. The fourth-order valence-electron chi connectivity index (χ4n) is 0.960. The molecule has 0 fully saturated rings. The number of pyridine rings is 1. The Balaban J connectivity index is 2.19. The summed E-state index contributed by atoms with van der Waals surface area (Å²) in [6.07, 6.45) is 2.90. The van der Waals surface area contributed by atoms with E-state index >= 15 is 0 Å². The van der Waals surface area contributed by atoms with Crippen molar-refractivity contribution in [3.05, 3.63) is 24.0 Å². The molecule has 2 aromatic heterocycles. The van der Waals surface area contributed by atoms with E-state index in [1.165, 1.54) is 18.5 Å². The summed E-state index contributed by atoms with van der Waals surface area (Å²) in [7, 11) is 0. The lowest BCUT2D eigenvalue weighted by Gasteiger charge is -2.02. The molecule has 2 rings (SSSR count). The van der Waals surface area contributed by atoms with E-state index < -0.39 is 0 Å². The van der Waals surface area contributed by atoms with Crippen molar-refractivity contribution in [1.29, 1.82) is 0 Å². The molecule has 0 aliphatic carbocycles. The number of nitrogen functional groups attached to an aromatic ring is 1. The quantitative estimate of drug-likeness (QED) is 0.749. The first-order valence-electron chi connectivity index (χ1n) is 3.93. The standard InChI is InChI=1S/C7H6N6OS/c8-5-3-9-2-1-4(5)6(14)10-7-11-12-13-15-7/h1-3H,8H2,(H,10,11,13,14). The largest absolute Gasteiger partial charge is 0.397 e. The van der Waals surface area contributed by atoms with Crippen LogP contribution in [0.1, 0.15) is 10.4 Å². The van der Waals surface area contributed by atoms with E-state index in [4.69, 9.17) is 5.73 Å². The molecular formula is C7H6N6OS. The normalized spacial score (nSPS) is 9.87. The third kappa shape index (κ3) is 2.05. The Morgan fingerprint density at radius 2 is 2.40 bits per heavy atom. The summed E-state index contributed by atoms with van der Waals surface area (Å²) in [5.41, 5.74) is 6.24. The molecule has 0 atom stereocenters. The van der Waals surface area contributed by atoms with Gasteiger partial charge in [0.1, 0.15) is 0 Å². The molecule has 2 heterocycles. The van der Waals surface area contributed by atoms with Crippen LogP contribution in [0.3, 0.4) is 0 Å². The van der Waals surface area contributed by atoms with E-state index in [-0.39, 0.29) is 5.91 Å². The summed E-state index contributed by atoms with van der Waals surface area (Å²) in [4.78, 5) is 15.4. The van der Waals surface area contributed by atoms with Crippen LogP contribution in [0.4, 0.5) is 10.8 Å². The highest BCUT2D eigenvalue weighted by Crippen LogP contribution is 2.12. The molecule has 7 nitrogen and oxygen atoms in total. The van der Waals surface area contributed by atoms with Gasteiger partial charge in [0.25, 0.3) is 5.91 Å². The van der Waals surface area contributed by atoms with Gasteiger partial charge in [-0.25, -0.2) is 0 Å². The first-order chi connectivity index (χ1) is 7.27. The first-order valence-corrected chi connectivity index (χ1v) is 4.70. The summed E-state index contributed by atoms with van der Waals surface area (Å²) in [5, 5.41) is 9.78. The van der Waals surface area contributed by atoms with E-state index in [9.17, 15) is 4.79 Å². The number of anilines is 2. The van der Waals surface area contributed by atoms with Crippen molar-refractivity contribution in [3.63, 3.8) is 0 Å². The van der Waals surface area contributed by atoms with Crippen LogP contribution in [0.15, 0.2) is 18.5 Å². The molecule has 0 bridgehead atoms. The Bertz CT molecular complexity index is 470. The van der Waals surface area contributed by atoms with Gasteiger partial charge < -0.3 is 5.73 Å². The highest BCUT2D eigenvalue weighted by atomic mass is 32.1. The second-order valence-corrected chi connectivity index (χ2v) is 3.32. The van der Waals surface area contributed by atoms with Crippen LogP contribution in [0.25, 0.3) is 0 Å². The fraction of sp³-hybridized carbons (Fsp3) is 0. The predicted octanol–water partition coefficient (Wildman–Crippen LogP) is 0.163. The summed E-state index contributed by atoms with van der Waals surface area (Å²) in [6, 6.07) is 1.53. The maximum Gasteiger partial charge on any atom is 0.259 e. The lowest BCUT2D eigenvalue weighted by molar-refractivity contribution is 0.102. The number of nitrogens with one attached hydrogen (secondary N) is 1. The van der Waals surface area contributed by atoms with Crippen molar-refractivity contribution in [2.45, 2.75) is 0 Å². The molecular weight excluding hydrogens is 216 g/mol. The van der Waals surface area contributed by atoms with Crippen molar-refractivity contribution >= 4 is 28.3 Å². The summed E-state index contributed by atoms with van der Waals surface area (Å²) >= 11 is 0.991. The maximum atomic E-state index is 11.6. The Labute approximate surface area is 88.5 Å². The molecule has 0 aliphatic heterocycles. The average Bonchev–Trinajstić information content (AvgIpc) is 2.71. The molecule has 0 aromatic carbocycles. The molecule has 0 saturated heterocycles. The van der Waals surface area contributed by atoms with Gasteiger partial charge in [-0.15, -0.1) is 0 Å². The Morgan fingerprint density at radius 3 is 3.07 bits per heavy atom. The highest BCUT2D eigenvalue weighted by molar-refractivity contribution is 7.09. The van der Waals surface area contributed by atoms with E-state index in [1.807, 2.05) is 0 Å². The zero-order valence-electron chi connectivity index (χ0n) is 7.41. The lowest BCUT2D eigenvalue weighted by atomic mass is 10.2. The molecule has 3 N–H and O–H groups in total. The molecule has 15 heavy (non-hydrogen) atoms. The topological polar surface area (TPSA) is 107 Å². The minimum Gasteiger partial charge on any atom is -0.397 e. The van der Waals surface area contributed by atoms with Gasteiger partial charge in [0.2, 0.25) is 5.13 Å². The van der Waals surface area contributed by atoms with Crippen LogP contribution in [0.5, 0.6) is 0 Å². The van der Waals surface area contributed by atoms with Crippen LogP contribution in [-0.2, 0) is 0 Å². The van der Waals surface area contributed by atoms with E-state index in [0.29, 0.717) is 16.4 Å². The van der Waals surface area contributed by atoms with Gasteiger partial charge in [-0.3, -0.25) is 15.1 Å². The third-order valence-corrected chi connectivity index (χ3v) is 2.13. The monoisotopic (exact) mass is 222 g/mol. The van der Waals surface area contributed by atoms with Gasteiger partial charge in [-0.05, 0) is 11.3 Å². The average molecular weight is 222 g/mol. The van der Waals surface area contributed by atoms with Gasteiger partial charge in [0.05, 0.1) is 17.4 Å². The zero-order chi connectivity index (χ0) is 10.7. The van der Waals surface area contributed by atoms with Crippen LogP contribution in [-0.4, -0.2) is 25.7 Å². The summed E-state index contributed by atoms with van der Waals surface area (Å²) in [6.45, 7) is 0. The number of carbonyl (C=O) groups excluding carboxylic acids is 1. The highest BCUT2D eigenvalue weighted by Gasteiger charge is 2.11. The van der Waals surface area contributed by atoms with E-state index in [2.05, 4.69) is 25.1 Å². The molecule has 76 valence electrons. The second-order valence-electron chi connectivity index (χ2n) is 2.58. The minimum absolute atomic E-state index is 0.312. The van der Waals surface area contributed by atoms with Gasteiger partial charge in [-0.1, -0.05) is 9.59 Å². The number of hydrogen-bond acceptors (Lipinski definition) is 7. The van der Waals surface area contributed by atoms with Crippen molar-refractivity contribution in [2.24, 2.45) is 0 Å². The van der Waals surface area contributed by atoms with Gasteiger partial charge in [0.15, 0.2) is 0 Å². The molecule has 1 amide bonds. The summed E-state index contributed by atoms with van der Waals surface area (Å²) in [5.74, 6) is -0.353. The number of nitrogens with zero attached hydrogens (tertiary/aromatic N) is 4.